The lowest BCUT2D eigenvalue weighted by Crippen LogP contribution is -2.17. The first-order valence-electron chi connectivity index (χ1n) is 7.42. The largest absolute Gasteiger partial charge is 0.465 e. The number of aromatic nitrogens is 2. The second kappa shape index (κ2) is 7.27. The van der Waals surface area contributed by atoms with E-state index in [1.54, 1.807) is 36.4 Å². The summed E-state index contributed by atoms with van der Waals surface area (Å²) in [5.41, 5.74) is 8.70. The van der Waals surface area contributed by atoms with Gasteiger partial charge in [0.25, 0.3) is 0 Å². The highest BCUT2D eigenvalue weighted by molar-refractivity contribution is 7.99. The Labute approximate surface area is 148 Å². The molecular formula is C17H16N4O3S. The van der Waals surface area contributed by atoms with Crippen molar-refractivity contribution in [2.75, 3.05) is 23.9 Å². The van der Waals surface area contributed by atoms with Crippen LogP contribution in [-0.2, 0) is 9.53 Å². The third kappa shape index (κ3) is 3.92. The number of nitrogens with one attached hydrogen (secondary N) is 2. The zero-order valence-electron chi connectivity index (χ0n) is 13.4. The van der Waals surface area contributed by atoms with E-state index < -0.39 is 5.97 Å². The van der Waals surface area contributed by atoms with Crippen LogP contribution in [0, 0.1) is 0 Å². The van der Waals surface area contributed by atoms with E-state index in [9.17, 15) is 9.59 Å². The van der Waals surface area contributed by atoms with E-state index in [0.717, 1.165) is 11.0 Å². The van der Waals surface area contributed by atoms with Gasteiger partial charge in [0.2, 0.25) is 5.91 Å². The molecule has 0 aliphatic rings. The molecule has 1 heterocycles. The van der Waals surface area contributed by atoms with Crippen molar-refractivity contribution in [3.8, 4) is 0 Å². The third-order valence-corrected chi connectivity index (χ3v) is 4.30. The Kier molecular flexibility index (Phi) is 4.90. The molecule has 1 aromatic heterocycles. The first-order chi connectivity index (χ1) is 12.1. The number of hydrogen-bond donors (Lipinski definition) is 3. The molecule has 0 spiro atoms. The van der Waals surface area contributed by atoms with Gasteiger partial charge >= 0.3 is 5.97 Å². The van der Waals surface area contributed by atoms with Crippen molar-refractivity contribution >= 4 is 46.0 Å². The summed E-state index contributed by atoms with van der Waals surface area (Å²) in [6.45, 7) is 0. The molecule has 3 rings (SSSR count). The van der Waals surface area contributed by atoms with Gasteiger partial charge in [0.05, 0.1) is 35.1 Å². The summed E-state index contributed by atoms with van der Waals surface area (Å²) in [7, 11) is 1.30. The molecule has 7 nitrogen and oxygen atoms in total. The summed E-state index contributed by atoms with van der Waals surface area (Å²) in [6.07, 6.45) is 0. The molecule has 25 heavy (non-hydrogen) atoms. The van der Waals surface area contributed by atoms with Gasteiger partial charge in [-0.2, -0.15) is 0 Å². The van der Waals surface area contributed by atoms with Gasteiger partial charge in [-0.25, -0.2) is 9.78 Å². The van der Waals surface area contributed by atoms with Crippen LogP contribution in [-0.4, -0.2) is 34.7 Å². The fourth-order valence-electron chi connectivity index (χ4n) is 2.27. The molecule has 1 amide bonds. The number of rotatable bonds is 5. The van der Waals surface area contributed by atoms with E-state index >= 15 is 0 Å². The highest BCUT2D eigenvalue weighted by atomic mass is 32.2. The van der Waals surface area contributed by atoms with Gasteiger partial charge in [-0.3, -0.25) is 4.79 Å². The van der Waals surface area contributed by atoms with Gasteiger partial charge < -0.3 is 20.8 Å². The zero-order chi connectivity index (χ0) is 17.8. The predicted molar refractivity (Wildman–Crippen MR) is 97.6 cm³/mol. The maximum atomic E-state index is 12.2. The Hall–Kier alpha value is -3.00. The van der Waals surface area contributed by atoms with Crippen molar-refractivity contribution < 1.29 is 14.3 Å². The fraction of sp³-hybridized carbons (Fsp3) is 0.118. The van der Waals surface area contributed by atoms with Crippen LogP contribution in [0.15, 0.2) is 47.6 Å². The predicted octanol–water partition coefficient (Wildman–Crippen LogP) is 2.66. The minimum atomic E-state index is -0.501. The van der Waals surface area contributed by atoms with Gasteiger partial charge in [-0.1, -0.05) is 23.9 Å². The fourth-order valence-corrected chi connectivity index (χ4v) is 2.96. The van der Waals surface area contributed by atoms with Crippen LogP contribution in [0.1, 0.15) is 10.4 Å². The molecule has 0 bridgehead atoms. The second-order valence-corrected chi connectivity index (χ2v) is 6.16. The number of nitrogens with zero attached hydrogens (tertiary/aromatic N) is 1. The van der Waals surface area contributed by atoms with Crippen LogP contribution >= 0.6 is 11.8 Å². The van der Waals surface area contributed by atoms with E-state index in [2.05, 4.69) is 15.3 Å². The number of imidazole rings is 1. The summed E-state index contributed by atoms with van der Waals surface area (Å²) in [4.78, 5) is 31.4. The van der Waals surface area contributed by atoms with Crippen molar-refractivity contribution in [2.45, 2.75) is 5.16 Å². The minimum absolute atomic E-state index is 0.144. The molecule has 0 aliphatic heterocycles. The third-order valence-electron chi connectivity index (χ3n) is 3.43. The number of nitrogen functional groups attached to an aromatic ring is 1. The minimum Gasteiger partial charge on any atom is -0.465 e. The van der Waals surface area contributed by atoms with Crippen LogP contribution < -0.4 is 11.1 Å². The average Bonchev–Trinajstić information content (AvgIpc) is 3.02. The molecule has 0 fully saturated rings. The van der Waals surface area contributed by atoms with E-state index in [4.69, 9.17) is 10.5 Å². The maximum Gasteiger partial charge on any atom is 0.339 e. The van der Waals surface area contributed by atoms with Crippen molar-refractivity contribution in [1.29, 1.82) is 0 Å². The van der Waals surface area contributed by atoms with E-state index in [0.29, 0.717) is 22.1 Å². The number of nitrogens with two attached hydrogens (primary N) is 1. The summed E-state index contributed by atoms with van der Waals surface area (Å²) in [5, 5.41) is 3.34. The number of anilines is 2. The first kappa shape index (κ1) is 16.8. The molecular weight excluding hydrogens is 340 g/mol. The maximum absolute atomic E-state index is 12.2. The van der Waals surface area contributed by atoms with Crippen molar-refractivity contribution in [1.82, 2.24) is 9.97 Å². The van der Waals surface area contributed by atoms with E-state index in [1.165, 1.54) is 18.9 Å². The number of esters is 1. The molecule has 2 aromatic carbocycles. The number of amides is 1. The lowest BCUT2D eigenvalue weighted by Gasteiger charge is -2.08. The summed E-state index contributed by atoms with van der Waals surface area (Å²) >= 11 is 1.26. The van der Waals surface area contributed by atoms with Gasteiger partial charge in [0, 0.05) is 5.69 Å². The van der Waals surface area contributed by atoms with Gasteiger partial charge in [0.15, 0.2) is 5.16 Å². The van der Waals surface area contributed by atoms with Crippen LogP contribution in [0.25, 0.3) is 11.0 Å². The number of thioether (sulfide) groups is 1. The Morgan fingerprint density at radius 3 is 2.88 bits per heavy atom. The number of methoxy groups -OCH3 is 1. The smallest absolute Gasteiger partial charge is 0.339 e. The summed E-state index contributed by atoms with van der Waals surface area (Å²) in [6, 6.07) is 12.1. The van der Waals surface area contributed by atoms with Crippen LogP contribution in [0.5, 0.6) is 0 Å². The van der Waals surface area contributed by atoms with E-state index in [-0.39, 0.29) is 11.7 Å². The molecule has 0 atom stereocenters. The number of fused-ring (bicyclic) bond motifs is 1. The van der Waals surface area contributed by atoms with Crippen molar-refractivity contribution in [3.05, 3.63) is 48.0 Å². The zero-order valence-corrected chi connectivity index (χ0v) is 14.2. The summed E-state index contributed by atoms with van der Waals surface area (Å²) < 4.78 is 4.71. The SMILES string of the molecule is COC(=O)c1ccccc1NC(=O)CSc1nc2ccc(N)cc2[nH]1. The normalized spacial score (nSPS) is 10.6. The lowest BCUT2D eigenvalue weighted by molar-refractivity contribution is -0.113. The number of ether oxygens (including phenoxy) is 1. The molecule has 0 unspecified atom stereocenters. The molecule has 3 aromatic rings. The van der Waals surface area contributed by atoms with Crippen LogP contribution in [0.2, 0.25) is 0 Å². The Balaban J connectivity index is 1.66. The highest BCUT2D eigenvalue weighted by Gasteiger charge is 2.14. The van der Waals surface area contributed by atoms with Gasteiger partial charge in [-0.15, -0.1) is 0 Å². The standard InChI is InChI=1S/C17H16N4O3S/c1-24-16(23)11-4-2-3-5-12(11)19-15(22)9-25-17-20-13-7-6-10(18)8-14(13)21-17/h2-8H,9,18H2,1H3,(H,19,22)(H,20,21). The molecule has 0 saturated heterocycles. The number of benzene rings is 2. The van der Waals surface area contributed by atoms with Crippen LogP contribution in [0.3, 0.4) is 0 Å². The number of carbonyl (C=O) groups excluding carboxylic acids is 2. The Morgan fingerprint density at radius 1 is 1.28 bits per heavy atom. The Morgan fingerprint density at radius 2 is 2.08 bits per heavy atom. The number of aromatic amines is 1. The highest BCUT2D eigenvalue weighted by Crippen LogP contribution is 2.22. The quantitative estimate of drug-likeness (QED) is 0.368. The average molecular weight is 356 g/mol. The molecule has 8 heteroatoms. The molecule has 0 saturated carbocycles. The summed E-state index contributed by atoms with van der Waals surface area (Å²) in [5.74, 6) is -0.607. The monoisotopic (exact) mass is 356 g/mol. The molecule has 0 aliphatic carbocycles. The number of H-pyrrole nitrogens is 1. The molecule has 0 radical (unpaired) electrons. The van der Waals surface area contributed by atoms with Crippen LogP contribution in [0.4, 0.5) is 11.4 Å². The molecule has 4 N–H and O–H groups in total. The Bertz CT molecular complexity index is 939. The van der Waals surface area contributed by atoms with E-state index in [1.807, 2.05) is 6.07 Å². The van der Waals surface area contributed by atoms with Gasteiger partial charge in [-0.05, 0) is 30.3 Å². The van der Waals surface area contributed by atoms with Crippen molar-refractivity contribution in [3.63, 3.8) is 0 Å². The van der Waals surface area contributed by atoms with Crippen molar-refractivity contribution in [2.24, 2.45) is 0 Å². The lowest BCUT2D eigenvalue weighted by atomic mass is 10.2. The molecule has 128 valence electrons. The first-order valence-corrected chi connectivity index (χ1v) is 8.40. The number of hydrogen-bond acceptors (Lipinski definition) is 6. The van der Waals surface area contributed by atoms with Gasteiger partial charge in [0.1, 0.15) is 0 Å². The topological polar surface area (TPSA) is 110 Å². The second-order valence-electron chi connectivity index (χ2n) is 5.19. The number of carbonyl (C=O) groups is 2. The number of para-hydroxylation sites is 1.